The zero-order chi connectivity index (χ0) is 16.7. The van der Waals surface area contributed by atoms with Crippen LogP contribution in [-0.4, -0.2) is 23.6 Å². The Bertz CT molecular complexity index is 576. The average Bonchev–Trinajstić information content (AvgIpc) is 2.40. The number of halogens is 2. The van der Waals surface area contributed by atoms with E-state index < -0.39 is 11.9 Å². The third-order valence-corrected chi connectivity index (χ3v) is 4.22. The Morgan fingerprint density at radius 3 is 2.36 bits per heavy atom. The van der Waals surface area contributed by atoms with Gasteiger partial charge in [0.2, 0.25) is 5.91 Å². The molecule has 0 aliphatic rings. The van der Waals surface area contributed by atoms with Gasteiger partial charge in [0.05, 0.1) is 13.7 Å². The van der Waals surface area contributed by atoms with Gasteiger partial charge in [0.15, 0.2) is 0 Å². The zero-order valence-corrected chi connectivity index (χ0v) is 16.6. The summed E-state index contributed by atoms with van der Waals surface area (Å²) in [4.78, 5) is 22.2. The molecule has 0 heterocycles. The number of carboxylic acids is 1. The Labute approximate surface area is 156 Å². The standard InChI is InChI=1S/C15H17I2NO4/c1-3-4-5-22-14-11(16)6-10(7-12(14)17)8-13(15(20)21)18-9(2)19/h6-8H,3-5H2,1-2H3,(H,18,19)(H,20,21)/b13-8+. The number of hydrogen-bond acceptors (Lipinski definition) is 3. The molecule has 0 bridgehead atoms. The summed E-state index contributed by atoms with van der Waals surface area (Å²) < 4.78 is 7.56. The van der Waals surface area contributed by atoms with Gasteiger partial charge in [0.25, 0.3) is 0 Å². The van der Waals surface area contributed by atoms with Crippen LogP contribution in [0.5, 0.6) is 5.75 Å². The fourth-order valence-corrected chi connectivity index (χ4v) is 3.75. The maximum atomic E-state index is 11.1. The molecular weight excluding hydrogens is 512 g/mol. The van der Waals surface area contributed by atoms with Crippen LogP contribution in [0.3, 0.4) is 0 Å². The van der Waals surface area contributed by atoms with E-state index in [-0.39, 0.29) is 5.70 Å². The fraction of sp³-hybridized carbons (Fsp3) is 0.333. The molecule has 1 aromatic carbocycles. The number of nitrogens with one attached hydrogen (secondary N) is 1. The van der Waals surface area contributed by atoms with Crippen molar-refractivity contribution in [2.24, 2.45) is 0 Å². The van der Waals surface area contributed by atoms with Crippen LogP contribution in [0.4, 0.5) is 0 Å². The molecule has 1 aromatic rings. The molecule has 2 N–H and O–H groups in total. The second-order valence-electron chi connectivity index (χ2n) is 4.56. The molecule has 1 rings (SSSR count). The van der Waals surface area contributed by atoms with Gasteiger partial charge >= 0.3 is 5.97 Å². The monoisotopic (exact) mass is 529 g/mol. The van der Waals surface area contributed by atoms with Gasteiger partial charge in [0, 0.05) is 6.92 Å². The van der Waals surface area contributed by atoms with Crippen LogP contribution in [0.25, 0.3) is 6.08 Å². The van der Waals surface area contributed by atoms with E-state index in [1.807, 2.05) is 12.1 Å². The van der Waals surface area contributed by atoms with Crippen molar-refractivity contribution < 1.29 is 19.4 Å². The summed E-state index contributed by atoms with van der Waals surface area (Å²) in [6, 6.07) is 3.66. The van der Waals surface area contributed by atoms with E-state index in [0.29, 0.717) is 12.2 Å². The SMILES string of the molecule is CCCCOc1c(I)cc(/C=C(/NC(C)=O)C(=O)O)cc1I. The lowest BCUT2D eigenvalue weighted by molar-refractivity contribution is -0.134. The summed E-state index contributed by atoms with van der Waals surface area (Å²) in [7, 11) is 0. The number of carbonyl (C=O) groups excluding carboxylic acids is 1. The van der Waals surface area contributed by atoms with Crippen molar-refractivity contribution in [1.82, 2.24) is 5.32 Å². The van der Waals surface area contributed by atoms with Crippen LogP contribution in [0.15, 0.2) is 17.8 Å². The van der Waals surface area contributed by atoms with Crippen LogP contribution in [0.1, 0.15) is 32.3 Å². The molecule has 5 nitrogen and oxygen atoms in total. The molecule has 0 fully saturated rings. The lowest BCUT2D eigenvalue weighted by Gasteiger charge is -2.11. The maximum absolute atomic E-state index is 11.1. The highest BCUT2D eigenvalue weighted by Crippen LogP contribution is 2.30. The summed E-state index contributed by atoms with van der Waals surface area (Å²) in [5, 5.41) is 11.4. The van der Waals surface area contributed by atoms with Gasteiger partial charge in [-0.05, 0) is 75.4 Å². The number of carboxylic acid groups (broad SMARTS) is 1. The fourth-order valence-electron chi connectivity index (χ4n) is 1.63. The average molecular weight is 529 g/mol. The largest absolute Gasteiger partial charge is 0.491 e. The minimum absolute atomic E-state index is 0.154. The third kappa shape index (κ3) is 6.11. The molecule has 7 heteroatoms. The smallest absolute Gasteiger partial charge is 0.352 e. The molecule has 0 radical (unpaired) electrons. The number of rotatable bonds is 7. The lowest BCUT2D eigenvalue weighted by atomic mass is 10.2. The molecule has 0 unspecified atom stereocenters. The van der Waals surface area contributed by atoms with Crippen molar-refractivity contribution in [2.75, 3.05) is 6.61 Å². The Morgan fingerprint density at radius 2 is 1.91 bits per heavy atom. The summed E-state index contributed by atoms with van der Waals surface area (Å²) in [5.74, 6) is -0.788. The first-order valence-corrected chi connectivity index (χ1v) is 8.85. The van der Waals surface area contributed by atoms with Gasteiger partial charge < -0.3 is 15.2 Å². The zero-order valence-electron chi connectivity index (χ0n) is 12.3. The van der Waals surface area contributed by atoms with Gasteiger partial charge in [-0.2, -0.15) is 0 Å². The van der Waals surface area contributed by atoms with Gasteiger partial charge in [0.1, 0.15) is 11.4 Å². The first-order chi connectivity index (χ1) is 10.3. The first kappa shape index (κ1) is 19.2. The highest BCUT2D eigenvalue weighted by Gasteiger charge is 2.12. The van der Waals surface area contributed by atoms with Crippen molar-refractivity contribution in [3.8, 4) is 5.75 Å². The predicted molar refractivity (Wildman–Crippen MR) is 102 cm³/mol. The van der Waals surface area contributed by atoms with Gasteiger partial charge in [-0.25, -0.2) is 4.79 Å². The second kappa shape index (κ2) is 9.33. The molecule has 0 aliphatic carbocycles. The van der Waals surface area contributed by atoms with Crippen LogP contribution in [-0.2, 0) is 9.59 Å². The Hall–Kier alpha value is -0.840. The summed E-state index contributed by atoms with van der Waals surface area (Å²) in [6.45, 7) is 4.03. The third-order valence-electron chi connectivity index (χ3n) is 2.62. The molecule has 0 saturated carbocycles. The molecule has 22 heavy (non-hydrogen) atoms. The number of aliphatic carboxylic acids is 1. The highest BCUT2D eigenvalue weighted by atomic mass is 127. The van der Waals surface area contributed by atoms with Crippen LogP contribution in [0.2, 0.25) is 0 Å². The van der Waals surface area contributed by atoms with E-state index in [9.17, 15) is 9.59 Å². The maximum Gasteiger partial charge on any atom is 0.352 e. The first-order valence-electron chi connectivity index (χ1n) is 6.69. The molecule has 0 aromatic heterocycles. The van der Waals surface area contributed by atoms with E-state index in [1.165, 1.54) is 13.0 Å². The number of ether oxygens (including phenoxy) is 1. The minimum Gasteiger partial charge on any atom is -0.491 e. The van der Waals surface area contributed by atoms with Crippen molar-refractivity contribution in [3.63, 3.8) is 0 Å². The van der Waals surface area contributed by atoms with Crippen LogP contribution < -0.4 is 10.1 Å². The Balaban J connectivity index is 3.06. The van der Waals surface area contributed by atoms with Crippen molar-refractivity contribution in [1.29, 1.82) is 0 Å². The van der Waals surface area contributed by atoms with E-state index in [0.717, 1.165) is 25.7 Å². The molecular formula is C15H17I2NO4. The van der Waals surface area contributed by atoms with E-state index in [1.54, 1.807) is 0 Å². The van der Waals surface area contributed by atoms with Gasteiger partial charge in [-0.1, -0.05) is 13.3 Å². The van der Waals surface area contributed by atoms with Crippen molar-refractivity contribution in [2.45, 2.75) is 26.7 Å². The van der Waals surface area contributed by atoms with Crippen LogP contribution >= 0.6 is 45.2 Å². The summed E-state index contributed by atoms with van der Waals surface area (Å²) >= 11 is 4.32. The summed E-state index contributed by atoms with van der Waals surface area (Å²) in [5.41, 5.74) is 0.543. The molecule has 120 valence electrons. The van der Waals surface area contributed by atoms with E-state index in [4.69, 9.17) is 9.84 Å². The minimum atomic E-state index is -1.18. The van der Waals surface area contributed by atoms with Gasteiger partial charge in [-0.3, -0.25) is 4.79 Å². The van der Waals surface area contributed by atoms with Crippen molar-refractivity contribution in [3.05, 3.63) is 30.5 Å². The normalized spacial score (nSPS) is 11.2. The highest BCUT2D eigenvalue weighted by molar-refractivity contribution is 14.1. The second-order valence-corrected chi connectivity index (χ2v) is 6.88. The van der Waals surface area contributed by atoms with Gasteiger partial charge in [-0.15, -0.1) is 0 Å². The topological polar surface area (TPSA) is 75.6 Å². The molecule has 0 atom stereocenters. The number of benzene rings is 1. The number of hydrogen-bond donors (Lipinski definition) is 2. The van der Waals surface area contributed by atoms with Crippen molar-refractivity contribution >= 4 is 63.1 Å². The number of unbranched alkanes of at least 4 members (excludes halogenated alkanes) is 1. The number of amides is 1. The number of carbonyl (C=O) groups is 2. The molecule has 0 aliphatic heterocycles. The molecule has 0 saturated heterocycles. The Morgan fingerprint density at radius 1 is 1.32 bits per heavy atom. The summed E-state index contributed by atoms with van der Waals surface area (Å²) in [6.07, 6.45) is 3.48. The van der Waals surface area contributed by atoms with E-state index in [2.05, 4.69) is 57.4 Å². The molecule has 0 spiro atoms. The lowest BCUT2D eigenvalue weighted by Crippen LogP contribution is -2.24. The van der Waals surface area contributed by atoms with Crippen LogP contribution in [0, 0.1) is 7.14 Å². The van der Waals surface area contributed by atoms with E-state index >= 15 is 0 Å². The molecule has 1 amide bonds. The predicted octanol–water partition coefficient (Wildman–Crippen LogP) is 3.64. The Kier molecular flexibility index (Phi) is 8.15. The quantitative estimate of drug-likeness (QED) is 0.322.